The molecule has 1 atom stereocenters. The van der Waals surface area contributed by atoms with Crippen LogP contribution in [-0.2, 0) is 9.53 Å². The third-order valence-electron chi connectivity index (χ3n) is 6.54. The first-order chi connectivity index (χ1) is 19.4. The molecule has 0 aliphatic carbocycles. The van der Waals surface area contributed by atoms with E-state index in [0.29, 0.717) is 43.2 Å². The summed E-state index contributed by atoms with van der Waals surface area (Å²) in [5.74, 6) is -0.522. The molecule has 0 fully saturated rings. The van der Waals surface area contributed by atoms with Gasteiger partial charge in [0.25, 0.3) is 5.56 Å². The Morgan fingerprint density at radius 3 is 2.55 bits per heavy atom. The maximum absolute atomic E-state index is 13.9. The van der Waals surface area contributed by atoms with Gasteiger partial charge in [0.05, 0.1) is 34.0 Å². The molecule has 0 amide bonds. The van der Waals surface area contributed by atoms with E-state index in [0.717, 1.165) is 0 Å². The minimum atomic E-state index is -1.03. The van der Waals surface area contributed by atoms with Crippen molar-refractivity contribution in [2.24, 2.45) is 4.99 Å². The summed E-state index contributed by atoms with van der Waals surface area (Å²) in [6.07, 6.45) is 1.68. The maximum Gasteiger partial charge on any atom is 0.338 e. The van der Waals surface area contributed by atoms with Gasteiger partial charge in [-0.05, 0) is 48.4 Å². The highest BCUT2D eigenvalue weighted by Gasteiger charge is 2.36. The van der Waals surface area contributed by atoms with Gasteiger partial charge in [-0.25, -0.2) is 14.6 Å². The molecule has 1 aromatic heterocycles. The highest BCUT2D eigenvalue weighted by molar-refractivity contribution is 7.07. The second-order valence-corrected chi connectivity index (χ2v) is 9.98. The van der Waals surface area contributed by atoms with Crippen LogP contribution in [0, 0.1) is 0 Å². The fraction of sp³-hybridized carbons (Fsp3) is 0.133. The zero-order chi connectivity index (χ0) is 27.8. The largest absolute Gasteiger partial charge is 0.478 e. The van der Waals surface area contributed by atoms with Gasteiger partial charge in [0.2, 0.25) is 6.79 Å². The molecular weight excluding hydrogens is 532 g/mol. The van der Waals surface area contributed by atoms with Crippen LogP contribution < -0.4 is 24.4 Å². The van der Waals surface area contributed by atoms with E-state index in [1.807, 2.05) is 30.3 Å². The average Bonchev–Trinajstić information content (AvgIpc) is 3.56. The molecule has 4 aromatic rings. The molecule has 10 heteroatoms. The number of carboxylic acid groups (broad SMARTS) is 1. The van der Waals surface area contributed by atoms with Crippen LogP contribution in [0.15, 0.2) is 88.2 Å². The molecule has 40 heavy (non-hydrogen) atoms. The molecule has 0 saturated carbocycles. The van der Waals surface area contributed by atoms with Crippen LogP contribution in [0.3, 0.4) is 0 Å². The van der Waals surface area contributed by atoms with E-state index >= 15 is 0 Å². The van der Waals surface area contributed by atoms with Crippen molar-refractivity contribution in [2.45, 2.75) is 13.0 Å². The number of thiazole rings is 1. The molecule has 200 valence electrons. The second-order valence-electron chi connectivity index (χ2n) is 8.97. The number of carbonyl (C=O) groups excluding carboxylic acids is 1. The van der Waals surface area contributed by atoms with Crippen LogP contribution in [0.1, 0.15) is 40.0 Å². The summed E-state index contributed by atoms with van der Waals surface area (Å²) in [6, 6.07) is 20.0. The van der Waals surface area contributed by atoms with Gasteiger partial charge in [0.15, 0.2) is 16.3 Å². The molecule has 2 aliphatic rings. The van der Waals surface area contributed by atoms with E-state index in [1.54, 1.807) is 43.3 Å². The van der Waals surface area contributed by atoms with Gasteiger partial charge in [-0.3, -0.25) is 9.36 Å². The lowest BCUT2D eigenvalue weighted by Gasteiger charge is -2.26. The molecule has 0 bridgehead atoms. The number of rotatable bonds is 6. The van der Waals surface area contributed by atoms with Gasteiger partial charge in [-0.2, -0.15) is 0 Å². The summed E-state index contributed by atoms with van der Waals surface area (Å²) in [7, 11) is 0. The molecule has 3 heterocycles. The molecular formula is C30H22N2O7S. The van der Waals surface area contributed by atoms with Gasteiger partial charge in [-0.1, -0.05) is 59.9 Å². The zero-order valence-corrected chi connectivity index (χ0v) is 22.0. The van der Waals surface area contributed by atoms with Crippen LogP contribution in [0.25, 0.3) is 11.8 Å². The van der Waals surface area contributed by atoms with Gasteiger partial charge in [0.1, 0.15) is 0 Å². The number of fused-ring (bicyclic) bond motifs is 2. The second kappa shape index (κ2) is 10.3. The highest BCUT2D eigenvalue weighted by Crippen LogP contribution is 2.40. The van der Waals surface area contributed by atoms with Crippen molar-refractivity contribution in [1.82, 2.24) is 4.57 Å². The van der Waals surface area contributed by atoms with E-state index in [9.17, 15) is 19.5 Å². The van der Waals surface area contributed by atoms with Crippen molar-refractivity contribution < 1.29 is 28.9 Å². The smallest absolute Gasteiger partial charge is 0.338 e. The van der Waals surface area contributed by atoms with Crippen LogP contribution >= 0.6 is 11.3 Å². The molecule has 9 nitrogen and oxygen atoms in total. The Hall–Kier alpha value is -4.96. The maximum atomic E-state index is 13.9. The summed E-state index contributed by atoms with van der Waals surface area (Å²) >= 11 is 1.19. The first kappa shape index (κ1) is 25.3. The molecule has 0 unspecified atom stereocenters. The number of aromatic nitrogens is 1. The van der Waals surface area contributed by atoms with Crippen molar-refractivity contribution in [3.05, 3.63) is 120 Å². The lowest BCUT2D eigenvalue weighted by Crippen LogP contribution is -2.40. The van der Waals surface area contributed by atoms with Crippen molar-refractivity contribution in [3.63, 3.8) is 0 Å². The number of carboxylic acids is 1. The van der Waals surface area contributed by atoms with Crippen molar-refractivity contribution in [2.75, 3.05) is 13.4 Å². The summed E-state index contributed by atoms with van der Waals surface area (Å²) in [5, 5.41) is 9.21. The Kier molecular flexibility index (Phi) is 6.53. The predicted molar refractivity (Wildman–Crippen MR) is 147 cm³/mol. The normalized spacial score (nSPS) is 15.9. The standard InChI is InChI=1S/C30H22N2O7S/c1-2-37-29(36)24-25(18-6-4-3-5-7-18)31-30-32(26(24)20-12-13-21-22(15-20)39-16-38-21)27(33)23(40-30)14-17-8-10-19(11-9-17)28(34)35/h3-15,26H,2,16H2,1H3,(H,34,35)/b23-14-/t26-/m1/s1. The SMILES string of the molecule is CCOC(=O)C1=C(c2ccccc2)N=c2s/c(=C\c3ccc(C(=O)O)cc3)c(=O)n2[C@@H]1c1ccc2c(c1)OCO2. The number of carbonyl (C=O) groups is 2. The molecule has 6 rings (SSSR count). The average molecular weight is 555 g/mol. The summed E-state index contributed by atoms with van der Waals surface area (Å²) in [5.41, 5.74) is 2.45. The van der Waals surface area contributed by atoms with E-state index < -0.39 is 18.0 Å². The molecule has 0 radical (unpaired) electrons. The Balaban J connectivity index is 1.61. The monoisotopic (exact) mass is 554 g/mol. The number of aromatic carboxylic acids is 1. The lowest BCUT2D eigenvalue weighted by atomic mass is 9.93. The number of benzene rings is 3. The molecule has 0 saturated heterocycles. The van der Waals surface area contributed by atoms with E-state index in [-0.39, 0.29) is 30.1 Å². The Morgan fingerprint density at radius 1 is 1.07 bits per heavy atom. The van der Waals surface area contributed by atoms with Crippen LogP contribution in [0.4, 0.5) is 0 Å². The van der Waals surface area contributed by atoms with Crippen LogP contribution in [0.5, 0.6) is 11.5 Å². The third-order valence-corrected chi connectivity index (χ3v) is 7.52. The Bertz CT molecular complexity index is 1850. The summed E-state index contributed by atoms with van der Waals surface area (Å²) in [4.78, 5) is 44.0. The highest BCUT2D eigenvalue weighted by atomic mass is 32.1. The van der Waals surface area contributed by atoms with Crippen molar-refractivity contribution >= 4 is 35.0 Å². The van der Waals surface area contributed by atoms with Crippen LogP contribution in [-0.4, -0.2) is 35.0 Å². The number of hydrogen-bond acceptors (Lipinski definition) is 8. The van der Waals surface area contributed by atoms with E-state index in [1.165, 1.54) is 28.0 Å². The summed E-state index contributed by atoms with van der Waals surface area (Å²) in [6.45, 7) is 1.95. The topological polar surface area (TPSA) is 116 Å². The van der Waals surface area contributed by atoms with Crippen LogP contribution in [0.2, 0.25) is 0 Å². The van der Waals surface area contributed by atoms with Gasteiger partial charge >= 0.3 is 11.9 Å². The zero-order valence-electron chi connectivity index (χ0n) is 21.2. The number of nitrogens with zero attached hydrogens (tertiary/aromatic N) is 2. The first-order valence-electron chi connectivity index (χ1n) is 12.5. The van der Waals surface area contributed by atoms with Crippen molar-refractivity contribution in [1.29, 1.82) is 0 Å². The van der Waals surface area contributed by atoms with E-state index in [2.05, 4.69) is 0 Å². The Labute approximate surface area is 231 Å². The fourth-order valence-corrected chi connectivity index (χ4v) is 5.71. The molecule has 0 spiro atoms. The fourth-order valence-electron chi connectivity index (χ4n) is 4.71. The van der Waals surface area contributed by atoms with Gasteiger partial charge < -0.3 is 19.3 Å². The first-order valence-corrected chi connectivity index (χ1v) is 13.3. The number of hydrogen-bond donors (Lipinski definition) is 1. The lowest BCUT2D eigenvalue weighted by molar-refractivity contribution is -0.138. The minimum absolute atomic E-state index is 0.0814. The third kappa shape index (κ3) is 4.48. The van der Waals surface area contributed by atoms with E-state index in [4.69, 9.17) is 19.2 Å². The quantitative estimate of drug-likeness (QED) is 0.363. The van der Waals surface area contributed by atoms with Gasteiger partial charge in [-0.15, -0.1) is 0 Å². The van der Waals surface area contributed by atoms with Crippen molar-refractivity contribution in [3.8, 4) is 11.5 Å². The number of esters is 1. The summed E-state index contributed by atoms with van der Waals surface area (Å²) < 4.78 is 18.4. The predicted octanol–water partition coefficient (Wildman–Crippen LogP) is 3.36. The molecule has 1 N–H and O–H groups in total. The molecule has 3 aromatic carbocycles. The minimum Gasteiger partial charge on any atom is -0.478 e. The Morgan fingerprint density at radius 2 is 1.82 bits per heavy atom. The molecule has 2 aliphatic heterocycles. The van der Waals surface area contributed by atoms with Gasteiger partial charge in [0, 0.05) is 5.56 Å². The number of ether oxygens (including phenoxy) is 3.